The number of aliphatic hydroxyl groups excluding tert-OH is 1. The minimum absolute atomic E-state index is 0.0804. The molecule has 58 valence electrons. The van der Waals surface area contributed by atoms with Gasteiger partial charge >= 0.3 is 0 Å². The third kappa shape index (κ3) is 3.25. The highest BCUT2D eigenvalue weighted by atomic mass is 16.2. The van der Waals surface area contributed by atoms with Crippen LogP contribution in [-0.2, 0) is 4.79 Å². The van der Waals surface area contributed by atoms with Gasteiger partial charge in [0, 0.05) is 12.1 Å². The van der Waals surface area contributed by atoms with E-state index in [9.17, 15) is 4.79 Å². The lowest BCUT2D eigenvalue weighted by atomic mass is 10.3. The Morgan fingerprint density at radius 1 is 1.70 bits per heavy atom. The van der Waals surface area contributed by atoms with E-state index in [1.165, 1.54) is 6.08 Å². The first-order valence-electron chi connectivity index (χ1n) is 3.28. The normalized spacial score (nSPS) is 11.3. The molecule has 3 heteroatoms. The van der Waals surface area contributed by atoms with E-state index in [0.717, 1.165) is 0 Å². The number of carbonyl (C=O) groups is 1. The zero-order valence-corrected chi connectivity index (χ0v) is 6.35. The summed E-state index contributed by atoms with van der Waals surface area (Å²) in [5.41, 5.74) is 0.560. The number of hydrogen-bond donors (Lipinski definition) is 2. The van der Waals surface area contributed by atoms with Crippen LogP contribution in [0.1, 0.15) is 13.8 Å². The van der Waals surface area contributed by atoms with Crippen molar-refractivity contribution in [3.8, 4) is 0 Å². The molecule has 0 spiro atoms. The van der Waals surface area contributed by atoms with Crippen molar-refractivity contribution < 1.29 is 9.90 Å². The fourth-order valence-electron chi connectivity index (χ4n) is 0.530. The van der Waals surface area contributed by atoms with Gasteiger partial charge in [-0.1, -0.05) is 6.08 Å². The fourth-order valence-corrected chi connectivity index (χ4v) is 0.530. The summed E-state index contributed by atoms with van der Waals surface area (Å²) in [5, 5.41) is 11.0. The van der Waals surface area contributed by atoms with Crippen LogP contribution in [0.15, 0.2) is 11.6 Å². The summed E-state index contributed by atoms with van der Waals surface area (Å²) in [4.78, 5) is 10.8. The summed E-state index contributed by atoms with van der Waals surface area (Å²) in [6, 6.07) is 0. The van der Waals surface area contributed by atoms with Crippen molar-refractivity contribution in [3.63, 3.8) is 0 Å². The summed E-state index contributed by atoms with van der Waals surface area (Å²) in [6.45, 7) is 4.06. The number of amides is 1. The molecule has 2 N–H and O–H groups in total. The highest BCUT2D eigenvalue weighted by Gasteiger charge is 1.98. The molecule has 3 nitrogen and oxygen atoms in total. The Kier molecular flexibility index (Phi) is 4.58. The van der Waals surface area contributed by atoms with E-state index in [-0.39, 0.29) is 12.5 Å². The van der Waals surface area contributed by atoms with Crippen LogP contribution < -0.4 is 5.32 Å². The van der Waals surface area contributed by atoms with Gasteiger partial charge in [0.2, 0.25) is 5.91 Å². The third-order valence-corrected chi connectivity index (χ3v) is 1.09. The van der Waals surface area contributed by atoms with Crippen LogP contribution in [0.25, 0.3) is 0 Å². The van der Waals surface area contributed by atoms with Crippen LogP contribution in [0.5, 0.6) is 0 Å². The predicted octanol–water partition coefficient (Wildman–Crippen LogP) is 0.0611. The molecule has 0 bridgehead atoms. The van der Waals surface area contributed by atoms with Crippen molar-refractivity contribution in [2.24, 2.45) is 0 Å². The van der Waals surface area contributed by atoms with Crippen LogP contribution in [0.3, 0.4) is 0 Å². The van der Waals surface area contributed by atoms with E-state index in [4.69, 9.17) is 5.11 Å². The second-order valence-corrected chi connectivity index (χ2v) is 1.93. The van der Waals surface area contributed by atoms with Gasteiger partial charge in [0.15, 0.2) is 0 Å². The summed E-state index contributed by atoms with van der Waals surface area (Å²) in [6.07, 6.45) is 1.48. The Labute approximate surface area is 60.7 Å². The van der Waals surface area contributed by atoms with Crippen molar-refractivity contribution >= 4 is 5.91 Å². The van der Waals surface area contributed by atoms with E-state index in [2.05, 4.69) is 5.32 Å². The Morgan fingerprint density at radius 3 is 2.70 bits per heavy atom. The zero-order valence-electron chi connectivity index (χ0n) is 6.35. The number of hydrogen-bond acceptors (Lipinski definition) is 2. The number of rotatable bonds is 3. The molecule has 0 unspecified atom stereocenters. The third-order valence-electron chi connectivity index (χ3n) is 1.09. The van der Waals surface area contributed by atoms with Crippen molar-refractivity contribution in [1.29, 1.82) is 0 Å². The molecule has 10 heavy (non-hydrogen) atoms. The van der Waals surface area contributed by atoms with Crippen LogP contribution >= 0.6 is 0 Å². The maximum absolute atomic E-state index is 10.8. The summed E-state index contributed by atoms with van der Waals surface area (Å²) < 4.78 is 0. The van der Waals surface area contributed by atoms with Crippen molar-refractivity contribution in [2.75, 3.05) is 13.2 Å². The van der Waals surface area contributed by atoms with Gasteiger partial charge in [-0.2, -0.15) is 0 Å². The predicted molar refractivity (Wildman–Crippen MR) is 39.5 cm³/mol. The second-order valence-electron chi connectivity index (χ2n) is 1.93. The van der Waals surface area contributed by atoms with Crippen molar-refractivity contribution in [1.82, 2.24) is 5.32 Å². The lowest BCUT2D eigenvalue weighted by molar-refractivity contribution is -0.117. The SMILES string of the molecule is CCNC(=O)C(C)=CCO. The number of likely N-dealkylation sites (N-methyl/N-ethyl adjacent to an activating group) is 1. The highest BCUT2D eigenvalue weighted by molar-refractivity contribution is 5.92. The zero-order chi connectivity index (χ0) is 7.98. The Balaban J connectivity index is 3.82. The summed E-state index contributed by atoms with van der Waals surface area (Å²) in [5.74, 6) is -0.114. The number of aliphatic hydroxyl groups is 1. The molecular weight excluding hydrogens is 130 g/mol. The van der Waals surface area contributed by atoms with Gasteiger partial charge in [0.25, 0.3) is 0 Å². The molecule has 0 aliphatic heterocycles. The molecule has 1 amide bonds. The smallest absolute Gasteiger partial charge is 0.246 e. The van der Waals surface area contributed by atoms with E-state index in [0.29, 0.717) is 12.1 Å². The Hall–Kier alpha value is -0.830. The van der Waals surface area contributed by atoms with Crippen LogP contribution in [0.4, 0.5) is 0 Å². The first-order valence-corrected chi connectivity index (χ1v) is 3.28. The first kappa shape index (κ1) is 9.17. The largest absolute Gasteiger partial charge is 0.392 e. The van der Waals surface area contributed by atoms with Gasteiger partial charge in [-0.25, -0.2) is 0 Å². The van der Waals surface area contributed by atoms with Gasteiger partial charge in [0.1, 0.15) is 0 Å². The van der Waals surface area contributed by atoms with Crippen LogP contribution in [0.2, 0.25) is 0 Å². The molecule has 0 atom stereocenters. The highest BCUT2D eigenvalue weighted by Crippen LogP contribution is 1.89. The van der Waals surface area contributed by atoms with Gasteiger partial charge in [-0.3, -0.25) is 4.79 Å². The molecule has 0 aromatic heterocycles. The van der Waals surface area contributed by atoms with Gasteiger partial charge in [0.05, 0.1) is 6.61 Å². The van der Waals surface area contributed by atoms with E-state index in [1.54, 1.807) is 6.92 Å². The van der Waals surface area contributed by atoms with E-state index < -0.39 is 0 Å². The molecule has 0 aliphatic rings. The molecule has 0 saturated carbocycles. The molecule has 0 heterocycles. The molecule has 0 rings (SSSR count). The Morgan fingerprint density at radius 2 is 2.30 bits per heavy atom. The van der Waals surface area contributed by atoms with Crippen molar-refractivity contribution in [2.45, 2.75) is 13.8 Å². The minimum Gasteiger partial charge on any atom is -0.392 e. The first-order chi connectivity index (χ1) is 4.72. The Bertz CT molecular complexity index is 141. The maximum atomic E-state index is 10.8. The monoisotopic (exact) mass is 143 g/mol. The second kappa shape index (κ2) is 4.99. The van der Waals surface area contributed by atoms with Gasteiger partial charge in [-0.05, 0) is 13.8 Å². The quantitative estimate of drug-likeness (QED) is 0.549. The van der Waals surface area contributed by atoms with Gasteiger partial charge < -0.3 is 10.4 Å². The molecule has 0 fully saturated rings. The molecule has 0 saturated heterocycles. The summed E-state index contributed by atoms with van der Waals surface area (Å²) >= 11 is 0. The van der Waals surface area contributed by atoms with E-state index >= 15 is 0 Å². The van der Waals surface area contributed by atoms with Crippen LogP contribution in [-0.4, -0.2) is 24.2 Å². The number of nitrogens with one attached hydrogen (secondary N) is 1. The molecular formula is C7H13NO2. The lowest BCUT2D eigenvalue weighted by Gasteiger charge is -1.99. The minimum atomic E-state index is -0.114. The van der Waals surface area contributed by atoms with Crippen LogP contribution in [0, 0.1) is 0 Å². The van der Waals surface area contributed by atoms with Gasteiger partial charge in [-0.15, -0.1) is 0 Å². The lowest BCUT2D eigenvalue weighted by Crippen LogP contribution is -2.23. The number of carbonyl (C=O) groups excluding carboxylic acids is 1. The fraction of sp³-hybridized carbons (Fsp3) is 0.571. The molecule has 0 aromatic rings. The topological polar surface area (TPSA) is 49.3 Å². The average molecular weight is 143 g/mol. The average Bonchev–Trinajstić information content (AvgIpc) is 1.89. The molecule has 0 aliphatic carbocycles. The van der Waals surface area contributed by atoms with Crippen molar-refractivity contribution in [3.05, 3.63) is 11.6 Å². The van der Waals surface area contributed by atoms with E-state index in [1.807, 2.05) is 6.92 Å². The molecule has 0 radical (unpaired) electrons. The standard InChI is InChI=1S/C7H13NO2/c1-3-8-7(10)6(2)4-5-9/h4,9H,3,5H2,1-2H3,(H,8,10). The molecule has 0 aromatic carbocycles. The maximum Gasteiger partial charge on any atom is 0.246 e. The summed E-state index contributed by atoms with van der Waals surface area (Å²) in [7, 11) is 0.